The van der Waals surface area contributed by atoms with Crippen LogP contribution in [0.1, 0.15) is 23.2 Å². The number of nitrogens with zero attached hydrogens (tertiary/aromatic N) is 2. The predicted molar refractivity (Wildman–Crippen MR) is 89.5 cm³/mol. The first kappa shape index (κ1) is 15.4. The van der Waals surface area contributed by atoms with Crippen molar-refractivity contribution in [2.24, 2.45) is 0 Å². The van der Waals surface area contributed by atoms with Gasteiger partial charge in [0.1, 0.15) is 6.04 Å². The van der Waals surface area contributed by atoms with E-state index in [1.165, 1.54) is 0 Å². The number of carbonyl (C=O) groups is 2. The Kier molecular flexibility index (Phi) is 3.97. The topological polar surface area (TPSA) is 80.8 Å². The third-order valence-electron chi connectivity index (χ3n) is 4.38. The largest absolute Gasteiger partial charge is 0.454 e. The highest BCUT2D eigenvalue weighted by molar-refractivity contribution is 6.01. The van der Waals surface area contributed by atoms with Crippen molar-refractivity contribution in [2.75, 3.05) is 18.7 Å². The number of rotatable bonds is 3. The van der Waals surface area contributed by atoms with Gasteiger partial charge in [-0.25, -0.2) is 0 Å². The molecule has 1 atom stereocenters. The number of amides is 2. The van der Waals surface area contributed by atoms with Crippen molar-refractivity contribution in [1.29, 1.82) is 0 Å². The number of benzene rings is 1. The van der Waals surface area contributed by atoms with Gasteiger partial charge in [-0.1, -0.05) is 0 Å². The summed E-state index contributed by atoms with van der Waals surface area (Å²) < 4.78 is 10.6. The van der Waals surface area contributed by atoms with Gasteiger partial charge in [0, 0.05) is 30.2 Å². The molecule has 0 radical (unpaired) electrons. The summed E-state index contributed by atoms with van der Waals surface area (Å²) in [6.45, 7) is 0.718. The maximum absolute atomic E-state index is 12.9. The van der Waals surface area contributed by atoms with Crippen LogP contribution in [0.5, 0.6) is 11.5 Å². The van der Waals surface area contributed by atoms with Gasteiger partial charge in [-0.2, -0.15) is 0 Å². The van der Waals surface area contributed by atoms with E-state index in [9.17, 15) is 9.59 Å². The van der Waals surface area contributed by atoms with Crippen molar-refractivity contribution >= 4 is 17.5 Å². The van der Waals surface area contributed by atoms with Crippen LogP contribution >= 0.6 is 0 Å². The summed E-state index contributed by atoms with van der Waals surface area (Å²) in [6, 6.07) is 8.05. The Labute approximate surface area is 144 Å². The summed E-state index contributed by atoms with van der Waals surface area (Å²) in [7, 11) is 0. The first-order chi connectivity index (χ1) is 12.2. The van der Waals surface area contributed by atoms with Crippen LogP contribution in [0.2, 0.25) is 0 Å². The van der Waals surface area contributed by atoms with E-state index >= 15 is 0 Å². The molecule has 128 valence electrons. The van der Waals surface area contributed by atoms with E-state index in [0.717, 1.165) is 6.42 Å². The van der Waals surface area contributed by atoms with Gasteiger partial charge >= 0.3 is 0 Å². The van der Waals surface area contributed by atoms with Crippen LogP contribution in [0.15, 0.2) is 42.7 Å². The summed E-state index contributed by atoms with van der Waals surface area (Å²) in [6.07, 6.45) is 4.66. The Morgan fingerprint density at radius 3 is 2.76 bits per heavy atom. The zero-order valence-electron chi connectivity index (χ0n) is 13.5. The highest BCUT2D eigenvalue weighted by Crippen LogP contribution is 2.33. The number of pyridine rings is 1. The molecule has 0 bridgehead atoms. The number of anilines is 1. The molecule has 25 heavy (non-hydrogen) atoms. The van der Waals surface area contributed by atoms with Crippen LogP contribution in [0, 0.1) is 0 Å². The lowest BCUT2D eigenvalue weighted by Gasteiger charge is -2.24. The fourth-order valence-corrected chi connectivity index (χ4v) is 3.14. The number of hydrogen-bond acceptors (Lipinski definition) is 5. The summed E-state index contributed by atoms with van der Waals surface area (Å²) in [4.78, 5) is 31.0. The molecule has 3 heterocycles. The van der Waals surface area contributed by atoms with Crippen molar-refractivity contribution in [3.05, 3.63) is 48.3 Å². The number of nitrogens with one attached hydrogen (secondary N) is 1. The molecule has 2 aliphatic heterocycles. The van der Waals surface area contributed by atoms with Crippen LogP contribution < -0.4 is 14.8 Å². The van der Waals surface area contributed by atoms with Gasteiger partial charge in [0.25, 0.3) is 5.91 Å². The maximum Gasteiger partial charge on any atom is 0.254 e. The summed E-state index contributed by atoms with van der Waals surface area (Å²) >= 11 is 0. The van der Waals surface area contributed by atoms with Gasteiger partial charge in [-0.3, -0.25) is 14.6 Å². The summed E-state index contributed by atoms with van der Waals surface area (Å²) in [5.41, 5.74) is 1.16. The molecule has 1 aromatic heterocycles. The molecule has 0 aliphatic carbocycles. The molecule has 0 saturated carbocycles. The van der Waals surface area contributed by atoms with Crippen LogP contribution in [-0.4, -0.2) is 41.1 Å². The molecule has 1 aromatic carbocycles. The molecule has 2 aromatic rings. The lowest BCUT2D eigenvalue weighted by molar-refractivity contribution is -0.119. The van der Waals surface area contributed by atoms with Gasteiger partial charge in [-0.15, -0.1) is 0 Å². The van der Waals surface area contributed by atoms with Crippen LogP contribution in [-0.2, 0) is 4.79 Å². The number of fused-ring (bicyclic) bond motifs is 1. The molecule has 4 rings (SSSR count). The van der Waals surface area contributed by atoms with Crippen LogP contribution in [0.3, 0.4) is 0 Å². The Morgan fingerprint density at radius 1 is 1.12 bits per heavy atom. The molecular formula is C18H17N3O4. The van der Waals surface area contributed by atoms with E-state index in [0.29, 0.717) is 35.7 Å². The quantitative estimate of drug-likeness (QED) is 0.926. The summed E-state index contributed by atoms with van der Waals surface area (Å²) in [5, 5.41) is 2.84. The molecule has 0 spiro atoms. The van der Waals surface area contributed by atoms with Crippen molar-refractivity contribution in [1.82, 2.24) is 9.88 Å². The first-order valence-electron chi connectivity index (χ1n) is 8.14. The van der Waals surface area contributed by atoms with E-state index in [-0.39, 0.29) is 18.6 Å². The minimum atomic E-state index is -0.480. The zero-order valence-corrected chi connectivity index (χ0v) is 13.5. The van der Waals surface area contributed by atoms with Crippen molar-refractivity contribution in [3.8, 4) is 11.5 Å². The maximum atomic E-state index is 12.9. The van der Waals surface area contributed by atoms with E-state index in [1.54, 1.807) is 47.6 Å². The molecular weight excluding hydrogens is 322 g/mol. The van der Waals surface area contributed by atoms with Gasteiger partial charge in [-0.05, 0) is 43.2 Å². The molecule has 1 saturated heterocycles. The monoisotopic (exact) mass is 339 g/mol. The predicted octanol–water partition coefficient (Wildman–Crippen LogP) is 2.05. The van der Waals surface area contributed by atoms with Gasteiger partial charge in [0.2, 0.25) is 12.7 Å². The molecule has 1 fully saturated rings. The second-order valence-corrected chi connectivity index (χ2v) is 5.95. The Balaban J connectivity index is 1.51. The first-order valence-corrected chi connectivity index (χ1v) is 8.14. The van der Waals surface area contributed by atoms with Gasteiger partial charge in [0.05, 0.1) is 0 Å². The number of hydrogen-bond donors (Lipinski definition) is 1. The third kappa shape index (κ3) is 3.00. The second kappa shape index (κ2) is 6.43. The molecule has 2 amide bonds. The fraction of sp³-hybridized carbons (Fsp3) is 0.278. The van der Waals surface area contributed by atoms with Crippen LogP contribution in [0.25, 0.3) is 0 Å². The normalized spacial score (nSPS) is 18.2. The number of carbonyl (C=O) groups excluding carboxylic acids is 2. The third-order valence-corrected chi connectivity index (χ3v) is 4.38. The number of likely N-dealkylation sites (tertiary alicyclic amines) is 1. The van der Waals surface area contributed by atoms with E-state index in [1.807, 2.05) is 0 Å². The highest BCUT2D eigenvalue weighted by Gasteiger charge is 2.35. The lowest BCUT2D eigenvalue weighted by Crippen LogP contribution is -2.43. The van der Waals surface area contributed by atoms with Crippen molar-refractivity contribution in [2.45, 2.75) is 18.9 Å². The summed E-state index contributed by atoms with van der Waals surface area (Å²) in [5.74, 6) is 0.830. The SMILES string of the molecule is O=C(Nc1ccncc1)[C@@H]1CCCN1C(=O)c1ccc2c(c1)OCO2. The lowest BCUT2D eigenvalue weighted by atomic mass is 10.1. The van der Waals surface area contributed by atoms with Crippen LogP contribution in [0.4, 0.5) is 5.69 Å². The molecule has 1 N–H and O–H groups in total. The Bertz CT molecular complexity index is 809. The second-order valence-electron chi connectivity index (χ2n) is 5.95. The molecule has 7 nitrogen and oxygen atoms in total. The van der Waals surface area contributed by atoms with E-state index in [2.05, 4.69) is 10.3 Å². The van der Waals surface area contributed by atoms with Crippen molar-refractivity contribution < 1.29 is 19.1 Å². The average Bonchev–Trinajstić information content (AvgIpc) is 3.30. The van der Waals surface area contributed by atoms with E-state index < -0.39 is 6.04 Å². The van der Waals surface area contributed by atoms with Crippen molar-refractivity contribution in [3.63, 3.8) is 0 Å². The molecule has 2 aliphatic rings. The minimum absolute atomic E-state index is 0.160. The smallest absolute Gasteiger partial charge is 0.254 e. The standard InChI is InChI=1S/C18H17N3O4/c22-17(20-13-5-7-19-8-6-13)14-2-1-9-21(14)18(23)12-3-4-15-16(10-12)25-11-24-15/h3-8,10,14H,1-2,9,11H2,(H,19,20,22)/t14-/m0/s1. The number of ether oxygens (including phenoxy) is 2. The molecule has 0 unspecified atom stereocenters. The van der Waals surface area contributed by atoms with Gasteiger partial charge in [0.15, 0.2) is 11.5 Å². The average molecular weight is 339 g/mol. The Hall–Kier alpha value is -3.09. The van der Waals surface area contributed by atoms with Gasteiger partial charge < -0.3 is 19.7 Å². The highest BCUT2D eigenvalue weighted by atomic mass is 16.7. The zero-order chi connectivity index (χ0) is 17.2. The Morgan fingerprint density at radius 2 is 1.92 bits per heavy atom. The molecule has 7 heteroatoms. The number of aromatic nitrogens is 1. The van der Waals surface area contributed by atoms with E-state index in [4.69, 9.17) is 9.47 Å². The fourth-order valence-electron chi connectivity index (χ4n) is 3.14. The minimum Gasteiger partial charge on any atom is -0.454 e.